The van der Waals surface area contributed by atoms with Crippen LogP contribution in [0.5, 0.6) is 0 Å². The quantitative estimate of drug-likeness (QED) is 0.404. The van der Waals surface area contributed by atoms with E-state index in [1.807, 2.05) is 0 Å². The summed E-state index contributed by atoms with van der Waals surface area (Å²) in [5.41, 5.74) is 4.50. The maximum atomic E-state index is 4.15. The average molecular weight is 469 g/mol. The van der Waals surface area contributed by atoms with Gasteiger partial charge in [0, 0.05) is 28.7 Å². The molecule has 1 aromatic carbocycles. The second-order valence-electron chi connectivity index (χ2n) is 7.26. The highest BCUT2D eigenvalue weighted by Gasteiger charge is 2.36. The maximum absolute atomic E-state index is 4.15. The van der Waals surface area contributed by atoms with E-state index < -0.39 is 0 Å². The molecule has 0 amide bonds. The molecule has 1 aromatic rings. The van der Waals surface area contributed by atoms with Gasteiger partial charge in [-0.2, -0.15) is 0 Å². The van der Waals surface area contributed by atoms with E-state index in [2.05, 4.69) is 88.4 Å². The van der Waals surface area contributed by atoms with Crippen molar-refractivity contribution in [1.29, 1.82) is 0 Å². The van der Waals surface area contributed by atoms with Crippen LogP contribution in [0.25, 0.3) is 0 Å². The molecule has 0 spiro atoms. The molecular formula is C22H31Br2N. The van der Waals surface area contributed by atoms with Gasteiger partial charge in [-0.3, -0.25) is 0 Å². The molecule has 2 rings (SSSR count). The normalized spacial score (nSPS) is 17.6. The van der Waals surface area contributed by atoms with Crippen molar-refractivity contribution in [3.63, 3.8) is 0 Å². The molecule has 25 heavy (non-hydrogen) atoms. The zero-order valence-electron chi connectivity index (χ0n) is 15.9. The number of halogens is 2. The Labute approximate surface area is 170 Å². The molecule has 0 aromatic heterocycles. The minimum absolute atomic E-state index is 0.231. The zero-order chi connectivity index (χ0) is 18.4. The monoisotopic (exact) mass is 467 g/mol. The molecule has 1 saturated heterocycles. The van der Waals surface area contributed by atoms with E-state index in [0.717, 1.165) is 32.4 Å². The van der Waals surface area contributed by atoms with E-state index in [0.29, 0.717) is 0 Å². The standard InChI is InChI=1S/C22H31Br2N/c1-5-7-18-8-9-20(24)16-21(18)22(11-10-19(23)6-2)12-14-25(15-13-22)17(3)4/h8-10,16H,3,5-7,11-15H2,1-2,4H3/b19-10+. The lowest BCUT2D eigenvalue weighted by Gasteiger charge is -2.44. The SMILES string of the molecule is C=C(C)N1CCC(C/C=C(/Br)CC)(c2cc(Br)ccc2CCC)CC1. The topological polar surface area (TPSA) is 3.24 Å². The summed E-state index contributed by atoms with van der Waals surface area (Å²) in [5.74, 6) is 0. The third-order valence-corrected chi connectivity index (χ3v) is 6.85. The number of allylic oxidation sites excluding steroid dienone is 3. The average Bonchev–Trinajstić information content (AvgIpc) is 2.61. The molecule has 1 aliphatic rings. The number of hydrogen-bond donors (Lipinski definition) is 0. The number of aryl methyl sites for hydroxylation is 1. The van der Waals surface area contributed by atoms with Gasteiger partial charge in [0.1, 0.15) is 0 Å². The van der Waals surface area contributed by atoms with Crippen LogP contribution in [0.4, 0.5) is 0 Å². The Morgan fingerprint density at radius 3 is 2.52 bits per heavy atom. The Balaban J connectivity index is 2.42. The van der Waals surface area contributed by atoms with Gasteiger partial charge in [-0.1, -0.05) is 70.8 Å². The van der Waals surface area contributed by atoms with Crippen molar-refractivity contribution in [1.82, 2.24) is 4.90 Å². The van der Waals surface area contributed by atoms with Crippen LogP contribution in [0.1, 0.15) is 64.0 Å². The highest BCUT2D eigenvalue weighted by Crippen LogP contribution is 2.43. The van der Waals surface area contributed by atoms with E-state index in [4.69, 9.17) is 0 Å². The molecule has 0 atom stereocenters. The van der Waals surface area contributed by atoms with Crippen molar-refractivity contribution in [2.45, 2.75) is 64.7 Å². The molecule has 0 saturated carbocycles. The smallest absolute Gasteiger partial charge is 0.0183 e. The van der Waals surface area contributed by atoms with Crippen LogP contribution in [0.3, 0.4) is 0 Å². The van der Waals surface area contributed by atoms with Crippen molar-refractivity contribution in [3.8, 4) is 0 Å². The lowest BCUT2D eigenvalue weighted by molar-refractivity contribution is 0.194. The van der Waals surface area contributed by atoms with Crippen LogP contribution < -0.4 is 0 Å². The number of likely N-dealkylation sites (tertiary alicyclic amines) is 1. The summed E-state index contributed by atoms with van der Waals surface area (Å²) in [5, 5.41) is 0. The maximum Gasteiger partial charge on any atom is 0.0183 e. The summed E-state index contributed by atoms with van der Waals surface area (Å²) in [6.45, 7) is 13.0. The summed E-state index contributed by atoms with van der Waals surface area (Å²) in [7, 11) is 0. The van der Waals surface area contributed by atoms with Crippen LogP contribution in [0, 0.1) is 0 Å². The van der Waals surface area contributed by atoms with Gasteiger partial charge in [-0.15, -0.1) is 0 Å². The summed E-state index contributed by atoms with van der Waals surface area (Å²) >= 11 is 7.44. The third-order valence-electron chi connectivity index (χ3n) is 5.48. The third kappa shape index (κ3) is 5.23. The Bertz CT molecular complexity index is 625. The minimum atomic E-state index is 0.231. The Hall–Kier alpha value is -0.540. The predicted octanol–water partition coefficient (Wildman–Crippen LogP) is 7.35. The fourth-order valence-electron chi connectivity index (χ4n) is 3.88. The molecule has 1 heterocycles. The Kier molecular flexibility index (Phi) is 7.82. The Morgan fingerprint density at radius 1 is 1.28 bits per heavy atom. The van der Waals surface area contributed by atoms with Crippen LogP contribution in [-0.4, -0.2) is 18.0 Å². The van der Waals surface area contributed by atoms with Gasteiger partial charge < -0.3 is 4.90 Å². The number of hydrogen-bond acceptors (Lipinski definition) is 1. The first kappa shape index (κ1) is 20.8. The van der Waals surface area contributed by atoms with Gasteiger partial charge in [-0.25, -0.2) is 0 Å². The highest BCUT2D eigenvalue weighted by atomic mass is 79.9. The van der Waals surface area contributed by atoms with Gasteiger partial charge in [0.2, 0.25) is 0 Å². The van der Waals surface area contributed by atoms with Gasteiger partial charge in [0.25, 0.3) is 0 Å². The van der Waals surface area contributed by atoms with Crippen LogP contribution in [0.2, 0.25) is 0 Å². The second kappa shape index (κ2) is 9.41. The molecule has 3 heteroatoms. The first-order valence-corrected chi connectivity index (χ1v) is 11.0. The van der Waals surface area contributed by atoms with Crippen LogP contribution in [-0.2, 0) is 11.8 Å². The van der Waals surface area contributed by atoms with E-state index >= 15 is 0 Å². The molecule has 0 unspecified atom stereocenters. The van der Waals surface area contributed by atoms with E-state index in [9.17, 15) is 0 Å². The number of nitrogens with zero attached hydrogens (tertiary/aromatic N) is 1. The summed E-state index contributed by atoms with van der Waals surface area (Å²) in [6.07, 6.45) is 9.31. The summed E-state index contributed by atoms with van der Waals surface area (Å²) in [4.78, 5) is 2.44. The molecule has 1 nitrogen and oxygen atoms in total. The van der Waals surface area contributed by atoms with E-state index in [-0.39, 0.29) is 5.41 Å². The fraction of sp³-hybridized carbons (Fsp3) is 0.545. The molecule has 1 aliphatic heterocycles. The predicted molar refractivity (Wildman–Crippen MR) is 117 cm³/mol. The van der Waals surface area contributed by atoms with Crippen molar-refractivity contribution >= 4 is 31.9 Å². The largest absolute Gasteiger partial charge is 0.375 e. The van der Waals surface area contributed by atoms with Gasteiger partial charge in [0.15, 0.2) is 0 Å². The fourth-order valence-corrected chi connectivity index (χ4v) is 4.40. The van der Waals surface area contributed by atoms with Crippen molar-refractivity contribution in [2.75, 3.05) is 13.1 Å². The van der Waals surface area contributed by atoms with Crippen molar-refractivity contribution < 1.29 is 0 Å². The number of piperidine rings is 1. The second-order valence-corrected chi connectivity index (χ2v) is 9.20. The van der Waals surface area contributed by atoms with Crippen LogP contribution >= 0.6 is 31.9 Å². The summed E-state index contributed by atoms with van der Waals surface area (Å²) < 4.78 is 2.52. The van der Waals surface area contributed by atoms with E-state index in [1.54, 1.807) is 5.56 Å². The summed E-state index contributed by atoms with van der Waals surface area (Å²) in [6, 6.07) is 6.91. The van der Waals surface area contributed by atoms with Crippen molar-refractivity contribution in [3.05, 3.63) is 56.6 Å². The first-order valence-electron chi connectivity index (χ1n) is 9.45. The lowest BCUT2D eigenvalue weighted by Crippen LogP contribution is -2.42. The minimum Gasteiger partial charge on any atom is -0.375 e. The van der Waals surface area contributed by atoms with Crippen molar-refractivity contribution in [2.24, 2.45) is 0 Å². The number of benzene rings is 1. The molecule has 138 valence electrons. The first-order chi connectivity index (χ1) is 11.9. The number of rotatable bonds is 7. The van der Waals surface area contributed by atoms with Gasteiger partial charge >= 0.3 is 0 Å². The Morgan fingerprint density at radius 2 is 1.96 bits per heavy atom. The van der Waals surface area contributed by atoms with E-state index in [1.165, 1.54) is 39.5 Å². The lowest BCUT2D eigenvalue weighted by atomic mass is 9.68. The zero-order valence-corrected chi connectivity index (χ0v) is 19.0. The van der Waals surface area contributed by atoms with Gasteiger partial charge in [-0.05, 0) is 66.8 Å². The molecule has 0 radical (unpaired) electrons. The molecular weight excluding hydrogens is 438 g/mol. The highest BCUT2D eigenvalue weighted by molar-refractivity contribution is 9.11. The molecule has 1 fully saturated rings. The molecule has 0 bridgehead atoms. The van der Waals surface area contributed by atoms with Crippen LogP contribution in [0.15, 0.2) is 45.5 Å². The van der Waals surface area contributed by atoms with Gasteiger partial charge in [0.05, 0.1) is 0 Å². The molecule has 0 N–H and O–H groups in total. The molecule has 0 aliphatic carbocycles.